The van der Waals surface area contributed by atoms with Crippen molar-refractivity contribution in [2.45, 2.75) is 19.3 Å². The zero-order valence-electron chi connectivity index (χ0n) is 12.2. The van der Waals surface area contributed by atoms with Gasteiger partial charge in [0, 0.05) is 32.5 Å². The van der Waals surface area contributed by atoms with E-state index in [4.69, 9.17) is 9.84 Å². The van der Waals surface area contributed by atoms with Crippen molar-refractivity contribution in [3.05, 3.63) is 35.4 Å². The van der Waals surface area contributed by atoms with E-state index in [1.165, 1.54) is 0 Å². The first-order valence-electron chi connectivity index (χ1n) is 7.20. The third-order valence-corrected chi connectivity index (χ3v) is 3.81. The molecule has 1 N–H and O–H groups in total. The standard InChI is InChI=1S/C16H21NO4/c1-17(10-13-8-9-21-11-13)15(18)7-4-12-2-5-14(6-3-12)16(19)20/h2-3,5-6,13H,4,7-11H2,1H3,(H,19,20)/t13-/m1/s1. The minimum Gasteiger partial charge on any atom is -0.478 e. The van der Waals surface area contributed by atoms with Gasteiger partial charge in [-0.15, -0.1) is 0 Å². The molecule has 5 nitrogen and oxygen atoms in total. The van der Waals surface area contributed by atoms with Gasteiger partial charge < -0.3 is 14.7 Å². The lowest BCUT2D eigenvalue weighted by molar-refractivity contribution is -0.130. The van der Waals surface area contributed by atoms with Crippen LogP contribution in [0.1, 0.15) is 28.8 Å². The quantitative estimate of drug-likeness (QED) is 0.868. The zero-order chi connectivity index (χ0) is 15.2. The summed E-state index contributed by atoms with van der Waals surface area (Å²) in [5, 5.41) is 8.83. The molecule has 2 rings (SSSR count). The van der Waals surface area contributed by atoms with Crippen LogP contribution in [0.25, 0.3) is 0 Å². The topological polar surface area (TPSA) is 66.8 Å². The minimum absolute atomic E-state index is 0.115. The fourth-order valence-electron chi connectivity index (χ4n) is 2.47. The molecule has 21 heavy (non-hydrogen) atoms. The third kappa shape index (κ3) is 4.56. The molecule has 1 heterocycles. The van der Waals surface area contributed by atoms with Gasteiger partial charge in [-0.3, -0.25) is 4.79 Å². The van der Waals surface area contributed by atoms with E-state index in [1.54, 1.807) is 29.2 Å². The molecule has 1 aliphatic heterocycles. The van der Waals surface area contributed by atoms with E-state index in [9.17, 15) is 9.59 Å². The molecule has 1 aromatic rings. The van der Waals surface area contributed by atoms with Crippen LogP contribution < -0.4 is 0 Å². The van der Waals surface area contributed by atoms with Gasteiger partial charge in [0.05, 0.1) is 12.2 Å². The predicted molar refractivity (Wildman–Crippen MR) is 78.3 cm³/mol. The fraction of sp³-hybridized carbons (Fsp3) is 0.500. The van der Waals surface area contributed by atoms with E-state index in [0.717, 1.165) is 31.7 Å². The van der Waals surface area contributed by atoms with Crippen LogP contribution in [0, 0.1) is 5.92 Å². The summed E-state index contributed by atoms with van der Waals surface area (Å²) in [7, 11) is 1.83. The first-order chi connectivity index (χ1) is 10.1. The Bertz CT molecular complexity index is 492. The Hall–Kier alpha value is -1.88. The van der Waals surface area contributed by atoms with E-state index >= 15 is 0 Å². The molecule has 0 spiro atoms. The Morgan fingerprint density at radius 2 is 2.05 bits per heavy atom. The number of nitrogens with zero attached hydrogens (tertiary/aromatic N) is 1. The molecular formula is C16H21NO4. The van der Waals surface area contributed by atoms with Gasteiger partial charge in [0.15, 0.2) is 0 Å². The second kappa shape index (κ2) is 7.22. The first-order valence-corrected chi connectivity index (χ1v) is 7.20. The van der Waals surface area contributed by atoms with Crippen LogP contribution in [0.4, 0.5) is 0 Å². The number of carbonyl (C=O) groups is 2. The van der Waals surface area contributed by atoms with Crippen molar-refractivity contribution in [3.63, 3.8) is 0 Å². The van der Waals surface area contributed by atoms with Crippen molar-refractivity contribution in [1.29, 1.82) is 0 Å². The van der Waals surface area contributed by atoms with Crippen molar-refractivity contribution in [2.75, 3.05) is 26.8 Å². The summed E-state index contributed by atoms with van der Waals surface area (Å²) in [6.07, 6.45) is 2.09. The van der Waals surface area contributed by atoms with Crippen molar-refractivity contribution < 1.29 is 19.4 Å². The molecule has 0 unspecified atom stereocenters. The molecule has 5 heteroatoms. The number of rotatable bonds is 6. The molecule has 1 aromatic carbocycles. The number of carbonyl (C=O) groups excluding carboxylic acids is 1. The molecule has 0 aromatic heterocycles. The van der Waals surface area contributed by atoms with Crippen molar-refractivity contribution in [3.8, 4) is 0 Å². The smallest absolute Gasteiger partial charge is 0.335 e. The van der Waals surface area contributed by atoms with E-state index in [-0.39, 0.29) is 11.5 Å². The number of benzene rings is 1. The van der Waals surface area contributed by atoms with Crippen LogP contribution >= 0.6 is 0 Å². The number of carboxylic acid groups (broad SMARTS) is 1. The summed E-state index contributed by atoms with van der Waals surface area (Å²) < 4.78 is 5.31. The predicted octanol–water partition coefficient (Wildman–Crippen LogP) is 1.81. The summed E-state index contributed by atoms with van der Waals surface area (Å²) in [5.74, 6) is -0.367. The van der Waals surface area contributed by atoms with Crippen LogP contribution in [-0.4, -0.2) is 48.7 Å². The Kier molecular flexibility index (Phi) is 5.33. The highest BCUT2D eigenvalue weighted by molar-refractivity contribution is 5.87. The van der Waals surface area contributed by atoms with Crippen molar-refractivity contribution in [2.24, 2.45) is 5.92 Å². The fourth-order valence-corrected chi connectivity index (χ4v) is 2.47. The molecule has 0 bridgehead atoms. The Morgan fingerprint density at radius 3 is 2.62 bits per heavy atom. The minimum atomic E-state index is -0.934. The SMILES string of the molecule is CN(C[C@H]1CCOC1)C(=O)CCc1ccc(C(=O)O)cc1. The lowest BCUT2D eigenvalue weighted by Gasteiger charge is -2.20. The van der Waals surface area contributed by atoms with Gasteiger partial charge in [-0.2, -0.15) is 0 Å². The maximum absolute atomic E-state index is 12.1. The Labute approximate surface area is 124 Å². The second-order valence-corrected chi connectivity index (χ2v) is 5.51. The van der Waals surface area contributed by atoms with Gasteiger partial charge in [0.25, 0.3) is 0 Å². The molecule has 1 saturated heterocycles. The lowest BCUT2D eigenvalue weighted by atomic mass is 10.1. The highest BCUT2D eigenvalue weighted by Gasteiger charge is 2.19. The summed E-state index contributed by atoms with van der Waals surface area (Å²) in [4.78, 5) is 24.6. The summed E-state index contributed by atoms with van der Waals surface area (Å²) in [5.41, 5.74) is 1.24. The number of aromatic carboxylic acids is 1. The van der Waals surface area contributed by atoms with Crippen LogP contribution in [-0.2, 0) is 16.0 Å². The van der Waals surface area contributed by atoms with Gasteiger partial charge in [-0.1, -0.05) is 12.1 Å². The number of carboxylic acids is 1. The van der Waals surface area contributed by atoms with E-state index < -0.39 is 5.97 Å². The maximum Gasteiger partial charge on any atom is 0.335 e. The number of amides is 1. The maximum atomic E-state index is 12.1. The largest absolute Gasteiger partial charge is 0.478 e. The molecule has 1 fully saturated rings. The van der Waals surface area contributed by atoms with Crippen molar-refractivity contribution >= 4 is 11.9 Å². The summed E-state index contributed by atoms with van der Waals surface area (Å²) in [6.45, 7) is 2.29. The molecule has 1 amide bonds. The zero-order valence-corrected chi connectivity index (χ0v) is 12.2. The molecule has 1 aliphatic rings. The second-order valence-electron chi connectivity index (χ2n) is 5.51. The monoisotopic (exact) mass is 291 g/mol. The number of hydrogen-bond donors (Lipinski definition) is 1. The van der Waals surface area contributed by atoms with Crippen LogP contribution in [0.5, 0.6) is 0 Å². The average Bonchev–Trinajstić information content (AvgIpc) is 2.98. The van der Waals surface area contributed by atoms with Gasteiger partial charge >= 0.3 is 5.97 Å². The molecule has 0 saturated carbocycles. The van der Waals surface area contributed by atoms with E-state index in [1.807, 2.05) is 7.05 Å². The number of ether oxygens (including phenoxy) is 1. The highest BCUT2D eigenvalue weighted by Crippen LogP contribution is 2.14. The van der Waals surface area contributed by atoms with Gasteiger partial charge in [0.1, 0.15) is 0 Å². The van der Waals surface area contributed by atoms with Gasteiger partial charge in [-0.05, 0) is 30.5 Å². The molecule has 0 aliphatic carbocycles. The molecular weight excluding hydrogens is 270 g/mol. The van der Waals surface area contributed by atoms with Crippen LogP contribution in [0.2, 0.25) is 0 Å². The van der Waals surface area contributed by atoms with Crippen LogP contribution in [0.3, 0.4) is 0 Å². The summed E-state index contributed by atoms with van der Waals surface area (Å²) >= 11 is 0. The highest BCUT2D eigenvalue weighted by atomic mass is 16.5. The first kappa shape index (κ1) is 15.5. The van der Waals surface area contributed by atoms with Gasteiger partial charge in [-0.25, -0.2) is 4.79 Å². The Balaban J connectivity index is 1.78. The van der Waals surface area contributed by atoms with Crippen LogP contribution in [0.15, 0.2) is 24.3 Å². The van der Waals surface area contributed by atoms with Crippen molar-refractivity contribution in [1.82, 2.24) is 4.90 Å². The normalized spacial score (nSPS) is 17.7. The molecule has 0 radical (unpaired) electrons. The number of aryl methyl sites for hydroxylation is 1. The average molecular weight is 291 g/mol. The van der Waals surface area contributed by atoms with Gasteiger partial charge in [0.2, 0.25) is 5.91 Å². The molecule has 1 atom stereocenters. The summed E-state index contributed by atoms with van der Waals surface area (Å²) in [6, 6.07) is 6.67. The van der Waals surface area contributed by atoms with E-state index in [0.29, 0.717) is 18.8 Å². The third-order valence-electron chi connectivity index (χ3n) is 3.81. The molecule has 114 valence electrons. The Morgan fingerprint density at radius 1 is 1.33 bits per heavy atom. The lowest BCUT2D eigenvalue weighted by Crippen LogP contribution is -2.32. The van der Waals surface area contributed by atoms with E-state index in [2.05, 4.69) is 0 Å². The number of hydrogen-bond acceptors (Lipinski definition) is 3.